The summed E-state index contributed by atoms with van der Waals surface area (Å²) in [5.41, 5.74) is 1.48. The van der Waals surface area contributed by atoms with Crippen LogP contribution in [0.15, 0.2) is 53.1 Å². The van der Waals surface area contributed by atoms with E-state index >= 15 is 0 Å². The number of amides is 1. The summed E-state index contributed by atoms with van der Waals surface area (Å²) < 4.78 is 5.47. The summed E-state index contributed by atoms with van der Waals surface area (Å²) in [6, 6.07) is 14.4. The molecule has 0 spiro atoms. The van der Waals surface area contributed by atoms with E-state index < -0.39 is 0 Å². The van der Waals surface area contributed by atoms with Gasteiger partial charge in [0.05, 0.1) is 0 Å². The molecule has 1 fully saturated rings. The van der Waals surface area contributed by atoms with Crippen molar-refractivity contribution < 1.29 is 9.32 Å². The largest absolute Gasteiger partial charge is 0.339 e. The summed E-state index contributed by atoms with van der Waals surface area (Å²) in [7, 11) is 0. The smallest absolute Gasteiger partial charge is 0.253 e. The molecule has 0 saturated carbocycles. The number of nitrogens with zero attached hydrogens (tertiary/aromatic N) is 3. The van der Waals surface area contributed by atoms with Crippen LogP contribution in [0.5, 0.6) is 0 Å². The van der Waals surface area contributed by atoms with Crippen LogP contribution in [-0.4, -0.2) is 34.0 Å². The summed E-state index contributed by atoms with van der Waals surface area (Å²) in [5, 5.41) is 5.31. The van der Waals surface area contributed by atoms with Crippen molar-refractivity contribution in [3.63, 3.8) is 0 Å². The molecular formula is C20H17Cl2N3O2. The van der Waals surface area contributed by atoms with Crippen LogP contribution in [0.4, 0.5) is 0 Å². The van der Waals surface area contributed by atoms with Gasteiger partial charge in [0, 0.05) is 40.2 Å². The van der Waals surface area contributed by atoms with Crippen LogP contribution >= 0.6 is 23.2 Å². The number of carbonyl (C=O) groups is 1. The zero-order valence-corrected chi connectivity index (χ0v) is 16.0. The normalized spacial score (nSPS) is 15.1. The number of halogens is 2. The molecule has 1 aliphatic rings. The third-order valence-electron chi connectivity index (χ3n) is 4.75. The highest BCUT2D eigenvalue weighted by molar-refractivity contribution is 6.31. The molecule has 4 rings (SSSR count). The zero-order chi connectivity index (χ0) is 18.8. The Kier molecular flexibility index (Phi) is 5.14. The van der Waals surface area contributed by atoms with E-state index in [0.29, 0.717) is 40.4 Å². The molecule has 0 radical (unpaired) electrons. The minimum Gasteiger partial charge on any atom is -0.339 e. The van der Waals surface area contributed by atoms with E-state index in [2.05, 4.69) is 10.1 Å². The predicted octanol–water partition coefficient (Wildman–Crippen LogP) is 5.06. The minimum absolute atomic E-state index is 0.00309. The topological polar surface area (TPSA) is 59.2 Å². The highest BCUT2D eigenvalue weighted by atomic mass is 35.5. The van der Waals surface area contributed by atoms with Crippen LogP contribution in [0.25, 0.3) is 11.4 Å². The molecule has 0 atom stereocenters. The predicted molar refractivity (Wildman–Crippen MR) is 104 cm³/mol. The first-order chi connectivity index (χ1) is 13.1. The molecule has 0 unspecified atom stereocenters. The van der Waals surface area contributed by atoms with Crippen molar-refractivity contribution in [2.24, 2.45) is 0 Å². The lowest BCUT2D eigenvalue weighted by Gasteiger charge is -2.30. The summed E-state index contributed by atoms with van der Waals surface area (Å²) in [5.74, 6) is 1.33. The maximum atomic E-state index is 12.6. The van der Waals surface area contributed by atoms with Gasteiger partial charge < -0.3 is 9.42 Å². The fourth-order valence-corrected chi connectivity index (χ4v) is 3.57. The maximum absolute atomic E-state index is 12.6. The second kappa shape index (κ2) is 7.71. The third kappa shape index (κ3) is 3.99. The van der Waals surface area contributed by atoms with E-state index in [1.165, 1.54) is 0 Å². The minimum atomic E-state index is 0.00309. The van der Waals surface area contributed by atoms with E-state index in [1.807, 2.05) is 17.0 Å². The Morgan fingerprint density at radius 1 is 1.04 bits per heavy atom. The molecule has 7 heteroatoms. The van der Waals surface area contributed by atoms with E-state index in [9.17, 15) is 4.79 Å². The molecule has 1 amide bonds. The van der Waals surface area contributed by atoms with Gasteiger partial charge in [0.2, 0.25) is 11.7 Å². The SMILES string of the molecule is O=C(c1cccc(Cl)c1)N1CCC(c2nc(-c3ccc(Cl)cc3)no2)CC1. The molecular weight excluding hydrogens is 385 g/mol. The molecule has 0 aliphatic carbocycles. The number of aromatic nitrogens is 2. The van der Waals surface area contributed by atoms with Crippen molar-refractivity contribution in [3.8, 4) is 11.4 Å². The summed E-state index contributed by atoms with van der Waals surface area (Å²) >= 11 is 11.9. The van der Waals surface area contributed by atoms with Crippen molar-refractivity contribution in [3.05, 3.63) is 70.0 Å². The molecule has 0 bridgehead atoms. The average molecular weight is 402 g/mol. The van der Waals surface area contributed by atoms with Crippen LogP contribution in [0.3, 0.4) is 0 Å². The van der Waals surface area contributed by atoms with Gasteiger partial charge >= 0.3 is 0 Å². The van der Waals surface area contributed by atoms with Gasteiger partial charge in [0.25, 0.3) is 5.91 Å². The van der Waals surface area contributed by atoms with Crippen LogP contribution in [0.2, 0.25) is 10.0 Å². The lowest BCUT2D eigenvalue weighted by molar-refractivity contribution is 0.0704. The van der Waals surface area contributed by atoms with E-state index in [1.54, 1.807) is 36.4 Å². The Hall–Kier alpha value is -2.37. The standard InChI is InChI=1S/C20H17Cl2N3O2/c21-16-6-4-13(5-7-16)18-23-19(27-24-18)14-8-10-25(11-9-14)20(26)15-2-1-3-17(22)12-15/h1-7,12,14H,8-11H2. The van der Waals surface area contributed by atoms with E-state index in [-0.39, 0.29) is 11.8 Å². The van der Waals surface area contributed by atoms with Gasteiger partial charge in [0.1, 0.15) is 0 Å². The number of piperidine rings is 1. The number of hydrogen-bond donors (Lipinski definition) is 0. The van der Waals surface area contributed by atoms with E-state index in [0.717, 1.165) is 18.4 Å². The fourth-order valence-electron chi connectivity index (χ4n) is 3.25. The van der Waals surface area contributed by atoms with Crippen molar-refractivity contribution in [1.29, 1.82) is 0 Å². The van der Waals surface area contributed by atoms with Gasteiger partial charge in [-0.1, -0.05) is 34.4 Å². The van der Waals surface area contributed by atoms with Crippen molar-refractivity contribution in [2.75, 3.05) is 13.1 Å². The third-order valence-corrected chi connectivity index (χ3v) is 5.23. The lowest BCUT2D eigenvalue weighted by atomic mass is 9.96. The number of likely N-dealkylation sites (tertiary alicyclic amines) is 1. The number of benzene rings is 2. The zero-order valence-electron chi connectivity index (χ0n) is 14.4. The van der Waals surface area contributed by atoms with Gasteiger partial charge in [-0.05, 0) is 55.3 Å². The van der Waals surface area contributed by atoms with Crippen LogP contribution in [0, 0.1) is 0 Å². The molecule has 5 nitrogen and oxygen atoms in total. The highest BCUT2D eigenvalue weighted by Crippen LogP contribution is 2.29. The Balaban J connectivity index is 1.41. The Morgan fingerprint density at radius 2 is 1.78 bits per heavy atom. The monoisotopic (exact) mass is 401 g/mol. The molecule has 2 aromatic carbocycles. The summed E-state index contributed by atoms with van der Waals surface area (Å²) in [4.78, 5) is 19.0. The number of carbonyl (C=O) groups excluding carboxylic acids is 1. The molecule has 3 aromatic rings. The molecule has 0 N–H and O–H groups in total. The molecule has 1 saturated heterocycles. The van der Waals surface area contributed by atoms with Crippen molar-refractivity contribution in [1.82, 2.24) is 15.0 Å². The maximum Gasteiger partial charge on any atom is 0.253 e. The number of rotatable bonds is 3. The van der Waals surface area contributed by atoms with E-state index in [4.69, 9.17) is 27.7 Å². The fraction of sp³-hybridized carbons (Fsp3) is 0.250. The van der Waals surface area contributed by atoms with Gasteiger partial charge in [-0.25, -0.2) is 0 Å². The summed E-state index contributed by atoms with van der Waals surface area (Å²) in [6.45, 7) is 1.29. The Morgan fingerprint density at radius 3 is 2.48 bits per heavy atom. The van der Waals surface area contributed by atoms with Gasteiger partial charge in [-0.3, -0.25) is 4.79 Å². The lowest BCUT2D eigenvalue weighted by Crippen LogP contribution is -2.38. The molecule has 1 aromatic heterocycles. The second-order valence-corrected chi connectivity index (χ2v) is 7.41. The second-order valence-electron chi connectivity index (χ2n) is 6.54. The van der Waals surface area contributed by atoms with Gasteiger partial charge in [0.15, 0.2) is 0 Å². The summed E-state index contributed by atoms with van der Waals surface area (Å²) in [6.07, 6.45) is 1.57. The molecule has 1 aliphatic heterocycles. The molecule has 138 valence electrons. The number of hydrogen-bond acceptors (Lipinski definition) is 4. The van der Waals surface area contributed by atoms with Crippen LogP contribution < -0.4 is 0 Å². The van der Waals surface area contributed by atoms with Crippen LogP contribution in [-0.2, 0) is 0 Å². The van der Waals surface area contributed by atoms with Crippen molar-refractivity contribution >= 4 is 29.1 Å². The van der Waals surface area contributed by atoms with Crippen LogP contribution in [0.1, 0.15) is 35.0 Å². The van der Waals surface area contributed by atoms with Gasteiger partial charge in [-0.15, -0.1) is 0 Å². The quantitative estimate of drug-likeness (QED) is 0.614. The first-order valence-corrected chi connectivity index (χ1v) is 9.50. The average Bonchev–Trinajstić information content (AvgIpc) is 3.18. The van der Waals surface area contributed by atoms with Crippen molar-refractivity contribution in [2.45, 2.75) is 18.8 Å². The Labute approximate surface area is 166 Å². The van der Waals surface area contributed by atoms with Gasteiger partial charge in [-0.2, -0.15) is 4.98 Å². The highest BCUT2D eigenvalue weighted by Gasteiger charge is 2.28. The molecule has 27 heavy (non-hydrogen) atoms. The molecule has 2 heterocycles. The first-order valence-electron chi connectivity index (χ1n) is 8.74. The Bertz CT molecular complexity index is 948. The first kappa shape index (κ1) is 18.0.